The van der Waals surface area contributed by atoms with Gasteiger partial charge in [-0.3, -0.25) is 0 Å². The van der Waals surface area contributed by atoms with Crippen molar-refractivity contribution in [3.05, 3.63) is 23.5 Å². The molecule has 1 aliphatic rings. The molecule has 0 radical (unpaired) electrons. The number of carbonyl (C=O) groups is 1. The van der Waals surface area contributed by atoms with Crippen molar-refractivity contribution in [2.45, 2.75) is 32.2 Å². The number of hydrogen-bond donors (Lipinski definition) is 2. The van der Waals surface area contributed by atoms with Gasteiger partial charge in [0.05, 0.1) is 7.11 Å². The number of aromatic amines is 1. The van der Waals surface area contributed by atoms with Crippen molar-refractivity contribution in [1.82, 2.24) is 10.3 Å². The number of rotatable bonds is 6. The fraction of sp³-hybridized carbons (Fsp3) is 0.615. The van der Waals surface area contributed by atoms with Crippen LogP contribution in [0.5, 0.6) is 0 Å². The van der Waals surface area contributed by atoms with Gasteiger partial charge in [-0.15, -0.1) is 0 Å². The summed E-state index contributed by atoms with van der Waals surface area (Å²) in [6.45, 7) is 1.83. The van der Waals surface area contributed by atoms with Crippen LogP contribution in [0.4, 0.5) is 0 Å². The van der Waals surface area contributed by atoms with Gasteiger partial charge in [-0.05, 0) is 31.0 Å². The zero-order valence-corrected chi connectivity index (χ0v) is 10.3. The van der Waals surface area contributed by atoms with Gasteiger partial charge in [0, 0.05) is 12.2 Å². The Balaban J connectivity index is 1.67. The molecule has 0 unspecified atom stereocenters. The van der Waals surface area contributed by atoms with Gasteiger partial charge >= 0.3 is 5.97 Å². The highest BCUT2D eigenvalue weighted by molar-refractivity contribution is 5.87. The Bertz CT molecular complexity index is 369. The van der Waals surface area contributed by atoms with Crippen LogP contribution in [0.2, 0.25) is 0 Å². The summed E-state index contributed by atoms with van der Waals surface area (Å²) in [7, 11) is 1.39. The number of hydrogen-bond acceptors (Lipinski definition) is 3. The van der Waals surface area contributed by atoms with E-state index in [9.17, 15) is 4.79 Å². The van der Waals surface area contributed by atoms with Gasteiger partial charge < -0.3 is 15.0 Å². The summed E-state index contributed by atoms with van der Waals surface area (Å²) in [5.74, 6) is 0.627. The van der Waals surface area contributed by atoms with Crippen molar-refractivity contribution in [3.8, 4) is 0 Å². The Morgan fingerprint density at radius 3 is 3.00 bits per heavy atom. The normalized spacial score (nSPS) is 15.6. The fourth-order valence-electron chi connectivity index (χ4n) is 2.08. The Kier molecular flexibility index (Phi) is 4.20. The highest BCUT2D eigenvalue weighted by Crippen LogP contribution is 2.28. The Hall–Kier alpha value is -1.29. The van der Waals surface area contributed by atoms with E-state index in [1.165, 1.54) is 32.8 Å². The summed E-state index contributed by atoms with van der Waals surface area (Å²) in [6, 6.07) is 3.68. The molecule has 4 heteroatoms. The zero-order valence-electron chi connectivity index (χ0n) is 10.3. The van der Waals surface area contributed by atoms with E-state index >= 15 is 0 Å². The van der Waals surface area contributed by atoms with Crippen LogP contribution < -0.4 is 5.32 Å². The maximum absolute atomic E-state index is 11.2. The first-order valence-electron chi connectivity index (χ1n) is 6.26. The van der Waals surface area contributed by atoms with E-state index < -0.39 is 0 Å². The molecule has 1 aliphatic carbocycles. The summed E-state index contributed by atoms with van der Waals surface area (Å²) in [4.78, 5) is 14.3. The molecular formula is C13H20N2O2. The highest BCUT2D eigenvalue weighted by atomic mass is 16.5. The molecule has 0 bridgehead atoms. The molecule has 17 heavy (non-hydrogen) atoms. The minimum Gasteiger partial charge on any atom is -0.464 e. The SMILES string of the molecule is COC(=O)c1ccc(CNCCC2CCC2)[nH]1. The van der Waals surface area contributed by atoms with Gasteiger partial charge in [0.25, 0.3) is 0 Å². The molecular weight excluding hydrogens is 216 g/mol. The second-order valence-electron chi connectivity index (χ2n) is 4.65. The van der Waals surface area contributed by atoms with Crippen LogP contribution in [0.15, 0.2) is 12.1 Å². The zero-order chi connectivity index (χ0) is 12.1. The molecule has 1 fully saturated rings. The first kappa shape index (κ1) is 12.2. The van der Waals surface area contributed by atoms with E-state index in [4.69, 9.17) is 0 Å². The van der Waals surface area contributed by atoms with Crippen LogP contribution in [0.1, 0.15) is 41.9 Å². The van der Waals surface area contributed by atoms with E-state index in [0.717, 1.165) is 24.7 Å². The Morgan fingerprint density at radius 1 is 1.53 bits per heavy atom. The molecule has 0 aliphatic heterocycles. The van der Waals surface area contributed by atoms with Gasteiger partial charge in [-0.2, -0.15) is 0 Å². The quantitative estimate of drug-likeness (QED) is 0.587. The van der Waals surface area contributed by atoms with Crippen molar-refractivity contribution in [1.29, 1.82) is 0 Å². The average Bonchev–Trinajstić information content (AvgIpc) is 2.74. The minimum absolute atomic E-state index is 0.314. The van der Waals surface area contributed by atoms with Gasteiger partial charge in [-0.1, -0.05) is 19.3 Å². The van der Waals surface area contributed by atoms with Crippen molar-refractivity contribution < 1.29 is 9.53 Å². The average molecular weight is 236 g/mol. The number of methoxy groups -OCH3 is 1. The van der Waals surface area contributed by atoms with Crippen LogP contribution in [0, 0.1) is 5.92 Å². The molecule has 0 amide bonds. The maximum atomic E-state index is 11.2. The third kappa shape index (κ3) is 3.33. The van der Waals surface area contributed by atoms with E-state index in [1.807, 2.05) is 6.07 Å². The van der Waals surface area contributed by atoms with E-state index in [1.54, 1.807) is 6.07 Å². The fourth-order valence-corrected chi connectivity index (χ4v) is 2.08. The minimum atomic E-state index is -0.314. The molecule has 2 N–H and O–H groups in total. The molecule has 2 rings (SSSR count). The first-order valence-corrected chi connectivity index (χ1v) is 6.26. The standard InChI is InChI=1S/C13H20N2O2/c1-17-13(16)12-6-5-11(15-12)9-14-8-7-10-3-2-4-10/h5-6,10,14-15H,2-4,7-9H2,1H3. The summed E-state index contributed by atoms with van der Waals surface area (Å²) in [6.07, 6.45) is 5.47. The van der Waals surface area contributed by atoms with E-state index in [0.29, 0.717) is 5.69 Å². The van der Waals surface area contributed by atoms with Crippen LogP contribution in [-0.2, 0) is 11.3 Å². The lowest BCUT2D eigenvalue weighted by atomic mass is 9.83. The number of esters is 1. The molecule has 1 aromatic heterocycles. The third-order valence-electron chi connectivity index (χ3n) is 3.42. The highest BCUT2D eigenvalue weighted by Gasteiger charge is 2.16. The summed E-state index contributed by atoms with van der Waals surface area (Å²) >= 11 is 0. The second-order valence-corrected chi connectivity index (χ2v) is 4.65. The molecule has 0 spiro atoms. The van der Waals surface area contributed by atoms with Crippen LogP contribution in [-0.4, -0.2) is 24.6 Å². The molecule has 1 heterocycles. The number of ether oxygens (including phenoxy) is 1. The largest absolute Gasteiger partial charge is 0.464 e. The molecule has 4 nitrogen and oxygen atoms in total. The number of aromatic nitrogens is 1. The lowest BCUT2D eigenvalue weighted by Crippen LogP contribution is -2.21. The van der Waals surface area contributed by atoms with Crippen LogP contribution >= 0.6 is 0 Å². The predicted octanol–water partition coefficient (Wildman–Crippen LogP) is 2.08. The van der Waals surface area contributed by atoms with Crippen LogP contribution in [0.25, 0.3) is 0 Å². The summed E-state index contributed by atoms with van der Waals surface area (Å²) < 4.78 is 4.64. The lowest BCUT2D eigenvalue weighted by Gasteiger charge is -2.25. The van der Waals surface area contributed by atoms with Gasteiger partial charge in [0.1, 0.15) is 5.69 Å². The van der Waals surface area contributed by atoms with Gasteiger partial charge in [0.2, 0.25) is 0 Å². The summed E-state index contributed by atoms with van der Waals surface area (Å²) in [5, 5.41) is 3.39. The van der Waals surface area contributed by atoms with Crippen molar-refractivity contribution in [2.24, 2.45) is 5.92 Å². The molecule has 1 saturated carbocycles. The molecule has 0 saturated heterocycles. The number of nitrogens with one attached hydrogen (secondary N) is 2. The predicted molar refractivity (Wildman–Crippen MR) is 65.8 cm³/mol. The second kappa shape index (κ2) is 5.87. The molecule has 0 aromatic carbocycles. The topological polar surface area (TPSA) is 54.1 Å². The maximum Gasteiger partial charge on any atom is 0.354 e. The van der Waals surface area contributed by atoms with Crippen molar-refractivity contribution in [2.75, 3.05) is 13.7 Å². The van der Waals surface area contributed by atoms with E-state index in [-0.39, 0.29) is 5.97 Å². The molecule has 0 atom stereocenters. The van der Waals surface area contributed by atoms with Crippen molar-refractivity contribution >= 4 is 5.97 Å². The Morgan fingerprint density at radius 2 is 2.35 bits per heavy atom. The van der Waals surface area contributed by atoms with Crippen molar-refractivity contribution in [3.63, 3.8) is 0 Å². The third-order valence-corrected chi connectivity index (χ3v) is 3.42. The molecule has 1 aromatic rings. The smallest absolute Gasteiger partial charge is 0.354 e. The summed E-state index contributed by atoms with van der Waals surface area (Å²) in [5.41, 5.74) is 1.54. The monoisotopic (exact) mass is 236 g/mol. The molecule has 94 valence electrons. The van der Waals surface area contributed by atoms with Gasteiger partial charge in [0.15, 0.2) is 0 Å². The van der Waals surface area contributed by atoms with E-state index in [2.05, 4.69) is 15.0 Å². The Labute approximate surface area is 102 Å². The number of H-pyrrole nitrogens is 1. The first-order chi connectivity index (χ1) is 8.29. The van der Waals surface area contributed by atoms with Gasteiger partial charge in [-0.25, -0.2) is 4.79 Å². The van der Waals surface area contributed by atoms with Crippen LogP contribution in [0.3, 0.4) is 0 Å². The lowest BCUT2D eigenvalue weighted by molar-refractivity contribution is 0.0594. The number of carbonyl (C=O) groups excluding carboxylic acids is 1.